The summed E-state index contributed by atoms with van der Waals surface area (Å²) in [6, 6.07) is -3.76. The van der Waals surface area contributed by atoms with E-state index >= 15 is 0 Å². The number of carbonyl (C=O) groups excluding carboxylic acids is 6. The summed E-state index contributed by atoms with van der Waals surface area (Å²) in [7, 11) is 0. The molecule has 99 heavy (non-hydrogen) atoms. The first-order valence-corrected chi connectivity index (χ1v) is 40.0. The summed E-state index contributed by atoms with van der Waals surface area (Å²) >= 11 is 0. The number of aliphatic imine (C=N–C) groups is 1. The van der Waals surface area contributed by atoms with Crippen LogP contribution in [-0.4, -0.2) is 84.4 Å². The monoisotopic (exact) mass is 1380 g/mol. The zero-order valence-corrected chi connectivity index (χ0v) is 63.2. The van der Waals surface area contributed by atoms with E-state index in [2.05, 4.69) is 134 Å². The average Bonchev–Trinajstić information content (AvgIpc) is 1.16. The molecule has 0 bridgehead atoms. The maximum absolute atomic E-state index is 14.1. The molecular formula is C80H145N13O6. The molecule has 0 unspecified atom stereocenters. The Hall–Kier alpha value is -6.27. The Morgan fingerprint density at radius 2 is 0.525 bits per heavy atom. The molecule has 0 aliphatic carbocycles. The van der Waals surface area contributed by atoms with Gasteiger partial charge in [-0.15, -0.1) is 0 Å². The molecule has 0 aromatic heterocycles. The quantitative estimate of drug-likeness (QED) is 0.00950. The Balaban J connectivity index is 5.81. The first kappa shape index (κ1) is 92.7. The molecule has 19 heteroatoms. The predicted molar refractivity (Wildman–Crippen MR) is 419 cm³/mol. The van der Waals surface area contributed by atoms with Crippen LogP contribution in [0.2, 0.25) is 0 Å². The van der Waals surface area contributed by atoms with Crippen molar-refractivity contribution in [2.75, 3.05) is 0 Å². The van der Waals surface area contributed by atoms with E-state index in [1.54, 1.807) is 24.9 Å². The second kappa shape index (κ2) is 74.4. The van der Waals surface area contributed by atoms with Crippen LogP contribution in [-0.2, 0) is 28.8 Å². The summed E-state index contributed by atoms with van der Waals surface area (Å²) in [6.45, 7) is 8.93. The number of hydrazone groups is 4. The smallest absolute Gasteiger partial charge is 0.262 e. The highest BCUT2D eigenvalue weighted by molar-refractivity contribution is 5.93. The van der Waals surface area contributed by atoms with Crippen molar-refractivity contribution in [2.24, 2.45) is 36.9 Å². The molecule has 566 valence electrons. The van der Waals surface area contributed by atoms with Gasteiger partial charge in [-0.25, -0.2) is 26.7 Å². The maximum Gasteiger partial charge on any atom is 0.262 e. The van der Waals surface area contributed by atoms with Gasteiger partial charge in [0.05, 0.1) is 0 Å². The van der Waals surface area contributed by atoms with Gasteiger partial charge in [-0.3, -0.25) is 28.8 Å². The second-order valence-corrected chi connectivity index (χ2v) is 26.8. The van der Waals surface area contributed by atoms with Crippen LogP contribution >= 0.6 is 0 Å². The van der Waals surface area contributed by atoms with E-state index in [9.17, 15) is 28.8 Å². The lowest BCUT2D eigenvalue weighted by Gasteiger charge is -2.20. The van der Waals surface area contributed by atoms with E-state index < -0.39 is 59.5 Å². The molecule has 0 heterocycles. The zero-order chi connectivity index (χ0) is 72.2. The number of unbranched alkanes of at least 4 members (excludes halogenated alkanes) is 40. The van der Waals surface area contributed by atoms with Gasteiger partial charge in [0.25, 0.3) is 11.8 Å². The highest BCUT2D eigenvalue weighted by Gasteiger charge is 2.28. The third-order valence-electron chi connectivity index (χ3n) is 17.3. The third-order valence-corrected chi connectivity index (χ3v) is 17.3. The van der Waals surface area contributed by atoms with Crippen LogP contribution in [0.15, 0.2) is 74.0 Å². The number of rotatable bonds is 71. The van der Waals surface area contributed by atoms with Gasteiger partial charge in [0.15, 0.2) is 5.96 Å². The van der Waals surface area contributed by atoms with Gasteiger partial charge >= 0.3 is 0 Å². The van der Waals surface area contributed by atoms with Gasteiger partial charge in [-0.1, -0.05) is 230 Å². The molecule has 0 fully saturated rings. The fourth-order valence-electron chi connectivity index (χ4n) is 11.1. The summed E-state index contributed by atoms with van der Waals surface area (Å²) in [5.41, 5.74) is 21.8. The van der Waals surface area contributed by atoms with Crippen LogP contribution < -0.4 is 43.8 Å². The molecule has 0 rings (SSSR count). The van der Waals surface area contributed by atoms with E-state index in [1.165, 1.54) is 141 Å². The molecule has 0 saturated carbocycles. The number of guanidine groups is 1. The average molecular weight is 1390 g/mol. The predicted octanol–water partition coefficient (Wildman–Crippen LogP) is 18.4. The summed E-state index contributed by atoms with van der Waals surface area (Å²) < 4.78 is 0. The van der Waals surface area contributed by atoms with E-state index in [0.29, 0.717) is 19.3 Å². The number of amides is 6. The van der Waals surface area contributed by atoms with E-state index in [4.69, 9.17) is 11.5 Å². The molecule has 0 aromatic carbocycles. The van der Waals surface area contributed by atoms with Crippen LogP contribution in [0, 0.1) is 0 Å². The van der Waals surface area contributed by atoms with Crippen LogP contribution in [0.5, 0.6) is 0 Å². The van der Waals surface area contributed by atoms with Crippen LogP contribution in [0.4, 0.5) is 0 Å². The van der Waals surface area contributed by atoms with Crippen molar-refractivity contribution in [1.82, 2.24) is 32.3 Å². The van der Waals surface area contributed by atoms with Crippen LogP contribution in [0.1, 0.15) is 374 Å². The number of carbonyl (C=O) groups is 6. The Morgan fingerprint density at radius 1 is 0.283 bits per heavy atom. The largest absolute Gasteiger partial charge is 0.370 e. The Bertz CT molecular complexity index is 2240. The molecule has 19 nitrogen and oxygen atoms in total. The zero-order valence-electron chi connectivity index (χ0n) is 63.2. The van der Waals surface area contributed by atoms with Gasteiger partial charge in [0.1, 0.15) is 18.1 Å². The molecule has 3 atom stereocenters. The highest BCUT2D eigenvalue weighted by Crippen LogP contribution is 2.15. The number of hydrogen-bond donors (Lipinski definition) is 8. The minimum Gasteiger partial charge on any atom is -0.370 e. The third kappa shape index (κ3) is 67.3. The standard InChI is InChI=1S/C80H145N13O6/c1-5-9-13-17-21-25-29-33-37-41-45-49-53-57-67-83-90-75(95)65-62-72(78(98)92-85-69-59-55-51-47-43-39-35-31-27-23-19-15-11-7-3)87-74(94)64-61-71(89-80(81)82)77(97)88-73(79(99)93-86-70-60-56-52-48-44-40-36-32-28-24-20-16-12-8-4)63-66-76(96)91-84-68-58-54-50-46-42-38-34-30-26-22-18-14-10-6-2/h25-32,67-73H,5-24,33-66H2,1-4H3,(H,87,94)(H,88,97)(H,90,95)(H,91,96)(H,92,98)(H,93,99)(H4,81,82,89)/b29-25-,30-26-,31-27-,32-28-,83-67+,84-68+,85-69+,86-70+/t71-,72-,73-/m0/s1. The van der Waals surface area contributed by atoms with Gasteiger partial charge in [0.2, 0.25) is 23.6 Å². The SMILES string of the molecule is CCCCCC/C=C\CCCCCCC/C=N/NC(=O)CC[C@H](NC(=O)CC[C@H](N=C(N)N)C(=O)N[C@@H](CCC(=O)N/N=C/CCCCCCC/C=C\CCCCCC)C(=O)N/N=C/CCCCCCC/C=C\CCCCCC)C(=O)N/N=C/CCCCCCC/C=C\CCCCCC. The molecule has 0 aromatic rings. The maximum atomic E-state index is 14.1. The van der Waals surface area contributed by atoms with E-state index in [0.717, 1.165) is 148 Å². The molecule has 0 radical (unpaired) electrons. The molecule has 0 spiro atoms. The van der Waals surface area contributed by atoms with Crippen molar-refractivity contribution in [3.8, 4) is 0 Å². The summed E-state index contributed by atoms with van der Waals surface area (Å²) in [5.74, 6) is -3.97. The lowest BCUT2D eigenvalue weighted by Crippen LogP contribution is -2.49. The van der Waals surface area contributed by atoms with E-state index in [1.807, 2.05) is 0 Å². The van der Waals surface area contributed by atoms with E-state index in [-0.39, 0.29) is 38.5 Å². The number of nitrogens with one attached hydrogen (secondary N) is 6. The van der Waals surface area contributed by atoms with Gasteiger partial charge < -0.3 is 22.1 Å². The minimum atomic E-state index is -1.34. The lowest BCUT2D eigenvalue weighted by atomic mass is 10.1. The van der Waals surface area contributed by atoms with Crippen LogP contribution in [0.3, 0.4) is 0 Å². The van der Waals surface area contributed by atoms with Crippen molar-refractivity contribution in [3.63, 3.8) is 0 Å². The van der Waals surface area contributed by atoms with Gasteiger partial charge in [-0.05, 0) is 173 Å². The van der Waals surface area contributed by atoms with Crippen molar-refractivity contribution < 1.29 is 28.8 Å². The summed E-state index contributed by atoms with van der Waals surface area (Å²) in [5, 5.41) is 22.0. The topological polar surface area (TPSA) is 288 Å². The lowest BCUT2D eigenvalue weighted by molar-refractivity contribution is -0.131. The first-order valence-electron chi connectivity index (χ1n) is 40.0. The normalized spacial score (nSPS) is 12.9. The summed E-state index contributed by atoms with van der Waals surface area (Å²) in [6.07, 6.45) is 78.3. The molecule has 6 amide bonds. The van der Waals surface area contributed by atoms with Crippen molar-refractivity contribution >= 4 is 66.3 Å². The summed E-state index contributed by atoms with van der Waals surface area (Å²) in [4.78, 5) is 85.4. The van der Waals surface area contributed by atoms with Gasteiger partial charge in [0, 0.05) is 44.1 Å². The van der Waals surface area contributed by atoms with Gasteiger partial charge in [-0.2, -0.15) is 20.4 Å². The molecule has 0 aliphatic rings. The minimum absolute atomic E-state index is 0.0677. The van der Waals surface area contributed by atoms with Crippen molar-refractivity contribution in [1.29, 1.82) is 0 Å². The Labute approximate surface area is 602 Å². The molecular weight excluding hydrogens is 1240 g/mol. The Kier molecular flexibility index (Phi) is 69.7. The van der Waals surface area contributed by atoms with Crippen LogP contribution in [0.25, 0.3) is 0 Å². The second-order valence-electron chi connectivity index (χ2n) is 26.8. The van der Waals surface area contributed by atoms with Crippen molar-refractivity contribution in [3.05, 3.63) is 48.6 Å². The number of nitrogens with two attached hydrogens (primary N) is 2. The fraction of sp³-hybridized carbons (Fsp3) is 0.762. The molecule has 10 N–H and O–H groups in total. The number of hydrogen-bond acceptors (Lipinski definition) is 11. The van der Waals surface area contributed by atoms with Crippen molar-refractivity contribution in [2.45, 2.75) is 393 Å². The Morgan fingerprint density at radius 3 is 0.808 bits per heavy atom. The highest BCUT2D eigenvalue weighted by atomic mass is 16.2. The molecule has 0 aliphatic heterocycles. The molecule has 0 saturated heterocycles. The number of nitrogens with zero attached hydrogens (tertiary/aromatic N) is 5. The first-order chi connectivity index (χ1) is 48.5. The fourth-order valence-corrected chi connectivity index (χ4v) is 11.1. The number of allylic oxidation sites excluding steroid dienone is 8.